The lowest BCUT2D eigenvalue weighted by molar-refractivity contribution is -0.122. The summed E-state index contributed by atoms with van der Waals surface area (Å²) in [7, 11) is 0. The standard InChI is InChI=1S/C20H19F2N5O2/c21-14-9-13-16(10-15(14)22)25-11-26-19(13)27-17(8-12-4-2-1-3-5-12)20(29)24-7-6-18(23)28/h1-5,9-11,17H,6-8H2,(H2,23,28)(H,24,29)(H,25,26,27)/t17-/m0/s1. The maximum absolute atomic E-state index is 13.7. The Morgan fingerprint density at radius 1 is 1.07 bits per heavy atom. The third kappa shape index (κ3) is 5.22. The van der Waals surface area contributed by atoms with Gasteiger partial charge in [-0.05, 0) is 11.6 Å². The maximum atomic E-state index is 13.7. The Hall–Kier alpha value is -3.62. The molecule has 9 heteroatoms. The van der Waals surface area contributed by atoms with Gasteiger partial charge in [0.2, 0.25) is 11.8 Å². The van der Waals surface area contributed by atoms with E-state index in [0.717, 1.165) is 17.7 Å². The fourth-order valence-electron chi connectivity index (χ4n) is 2.82. The molecule has 29 heavy (non-hydrogen) atoms. The van der Waals surface area contributed by atoms with Gasteiger partial charge >= 0.3 is 0 Å². The smallest absolute Gasteiger partial charge is 0.242 e. The minimum Gasteiger partial charge on any atom is -0.370 e. The SMILES string of the molecule is NC(=O)CCNC(=O)[C@H](Cc1ccccc1)Nc1ncnc2cc(F)c(F)cc12. The molecule has 0 radical (unpaired) electrons. The Balaban J connectivity index is 1.88. The number of nitrogens with zero attached hydrogens (tertiary/aromatic N) is 2. The second-order valence-electron chi connectivity index (χ2n) is 6.40. The van der Waals surface area contributed by atoms with Crippen molar-refractivity contribution in [2.75, 3.05) is 11.9 Å². The summed E-state index contributed by atoms with van der Waals surface area (Å²) < 4.78 is 27.2. The van der Waals surface area contributed by atoms with E-state index >= 15 is 0 Å². The molecule has 3 aromatic rings. The molecule has 0 saturated heterocycles. The number of aromatic nitrogens is 2. The summed E-state index contributed by atoms with van der Waals surface area (Å²) >= 11 is 0. The van der Waals surface area contributed by atoms with Gasteiger partial charge in [0.15, 0.2) is 11.6 Å². The summed E-state index contributed by atoms with van der Waals surface area (Å²) in [4.78, 5) is 31.6. The lowest BCUT2D eigenvalue weighted by Gasteiger charge is -2.20. The molecule has 1 aromatic heterocycles. The molecule has 150 valence electrons. The monoisotopic (exact) mass is 399 g/mol. The summed E-state index contributed by atoms with van der Waals surface area (Å²) in [5.41, 5.74) is 6.18. The number of fused-ring (bicyclic) bond motifs is 1. The second-order valence-corrected chi connectivity index (χ2v) is 6.40. The van der Waals surface area contributed by atoms with Crippen LogP contribution < -0.4 is 16.4 Å². The van der Waals surface area contributed by atoms with E-state index in [-0.39, 0.29) is 35.6 Å². The molecule has 1 atom stereocenters. The fourth-order valence-corrected chi connectivity index (χ4v) is 2.82. The Morgan fingerprint density at radius 2 is 1.79 bits per heavy atom. The molecule has 1 heterocycles. The van der Waals surface area contributed by atoms with Gasteiger partial charge in [-0.3, -0.25) is 9.59 Å². The van der Waals surface area contributed by atoms with Gasteiger partial charge in [0, 0.05) is 30.8 Å². The first-order valence-electron chi connectivity index (χ1n) is 8.90. The van der Waals surface area contributed by atoms with Crippen LogP contribution >= 0.6 is 0 Å². The number of benzene rings is 2. The van der Waals surface area contributed by atoms with E-state index in [9.17, 15) is 18.4 Å². The van der Waals surface area contributed by atoms with Crippen molar-refractivity contribution in [1.29, 1.82) is 0 Å². The summed E-state index contributed by atoms with van der Waals surface area (Å²) in [5, 5.41) is 5.87. The van der Waals surface area contributed by atoms with Crippen LogP contribution in [0.4, 0.5) is 14.6 Å². The van der Waals surface area contributed by atoms with Crippen LogP contribution in [0.25, 0.3) is 10.9 Å². The average molecular weight is 399 g/mol. The molecule has 0 spiro atoms. The molecular formula is C20H19F2N5O2. The van der Waals surface area contributed by atoms with Crippen LogP contribution in [0.3, 0.4) is 0 Å². The number of anilines is 1. The largest absolute Gasteiger partial charge is 0.370 e. The Morgan fingerprint density at radius 3 is 2.52 bits per heavy atom. The molecule has 0 unspecified atom stereocenters. The van der Waals surface area contributed by atoms with Crippen molar-refractivity contribution < 1.29 is 18.4 Å². The molecule has 3 rings (SSSR count). The summed E-state index contributed by atoms with van der Waals surface area (Å²) in [6.45, 7) is 0.0888. The highest BCUT2D eigenvalue weighted by Gasteiger charge is 2.21. The van der Waals surface area contributed by atoms with Crippen LogP contribution in [0.2, 0.25) is 0 Å². The van der Waals surface area contributed by atoms with Crippen molar-refractivity contribution in [2.24, 2.45) is 5.73 Å². The maximum Gasteiger partial charge on any atom is 0.242 e. The first-order valence-corrected chi connectivity index (χ1v) is 8.90. The van der Waals surface area contributed by atoms with Gasteiger partial charge in [0.25, 0.3) is 0 Å². The van der Waals surface area contributed by atoms with E-state index in [2.05, 4.69) is 20.6 Å². The van der Waals surface area contributed by atoms with Crippen LogP contribution in [0, 0.1) is 11.6 Å². The van der Waals surface area contributed by atoms with Gasteiger partial charge in [0.1, 0.15) is 18.2 Å². The third-order valence-electron chi connectivity index (χ3n) is 4.26. The summed E-state index contributed by atoms with van der Waals surface area (Å²) in [6, 6.07) is 10.4. The molecule has 0 aliphatic heterocycles. The molecule has 0 aliphatic carbocycles. The average Bonchev–Trinajstić information content (AvgIpc) is 2.69. The lowest BCUT2D eigenvalue weighted by Crippen LogP contribution is -2.42. The van der Waals surface area contributed by atoms with Crippen molar-refractivity contribution in [2.45, 2.75) is 18.9 Å². The molecule has 0 fully saturated rings. The zero-order valence-electron chi connectivity index (χ0n) is 15.4. The van der Waals surface area contributed by atoms with Crippen molar-refractivity contribution in [3.05, 3.63) is 66.0 Å². The zero-order chi connectivity index (χ0) is 20.8. The van der Waals surface area contributed by atoms with Crippen LogP contribution in [0.1, 0.15) is 12.0 Å². The summed E-state index contributed by atoms with van der Waals surface area (Å²) in [5.74, 6) is -2.78. The number of hydrogen-bond donors (Lipinski definition) is 3. The number of hydrogen-bond acceptors (Lipinski definition) is 5. The number of nitrogens with one attached hydrogen (secondary N) is 2. The quantitative estimate of drug-likeness (QED) is 0.536. The van der Waals surface area contributed by atoms with Gasteiger partial charge in [0.05, 0.1) is 5.52 Å². The number of carbonyl (C=O) groups is 2. The number of rotatable bonds is 8. The lowest BCUT2D eigenvalue weighted by atomic mass is 10.0. The fraction of sp³-hybridized carbons (Fsp3) is 0.200. The predicted molar refractivity (Wildman–Crippen MR) is 104 cm³/mol. The molecule has 4 N–H and O–H groups in total. The zero-order valence-corrected chi connectivity index (χ0v) is 15.4. The van der Waals surface area contributed by atoms with E-state index < -0.39 is 23.6 Å². The van der Waals surface area contributed by atoms with Gasteiger partial charge in [-0.1, -0.05) is 30.3 Å². The third-order valence-corrected chi connectivity index (χ3v) is 4.26. The molecule has 7 nitrogen and oxygen atoms in total. The first kappa shape index (κ1) is 20.1. The Kier molecular flexibility index (Phi) is 6.28. The van der Waals surface area contributed by atoms with Crippen molar-refractivity contribution in [3.8, 4) is 0 Å². The Labute approximate surface area is 165 Å². The van der Waals surface area contributed by atoms with Crippen LogP contribution in [-0.4, -0.2) is 34.4 Å². The summed E-state index contributed by atoms with van der Waals surface area (Å²) in [6.07, 6.45) is 1.51. The Bertz CT molecular complexity index is 1030. The van der Waals surface area contributed by atoms with Crippen molar-refractivity contribution in [3.63, 3.8) is 0 Å². The number of nitrogens with two attached hydrogens (primary N) is 1. The van der Waals surface area contributed by atoms with Crippen molar-refractivity contribution in [1.82, 2.24) is 15.3 Å². The van der Waals surface area contributed by atoms with Crippen molar-refractivity contribution >= 4 is 28.5 Å². The van der Waals surface area contributed by atoms with E-state index in [1.807, 2.05) is 30.3 Å². The number of amides is 2. The van der Waals surface area contributed by atoms with E-state index in [1.54, 1.807) is 0 Å². The van der Waals surface area contributed by atoms with E-state index in [0.29, 0.717) is 6.42 Å². The highest BCUT2D eigenvalue weighted by Crippen LogP contribution is 2.23. The highest BCUT2D eigenvalue weighted by molar-refractivity contribution is 5.92. The molecule has 0 bridgehead atoms. The second kappa shape index (κ2) is 9.05. The highest BCUT2D eigenvalue weighted by atomic mass is 19.2. The van der Waals surface area contributed by atoms with Gasteiger partial charge < -0.3 is 16.4 Å². The molecule has 0 saturated carbocycles. The number of halogens is 2. The van der Waals surface area contributed by atoms with Crippen LogP contribution in [0.5, 0.6) is 0 Å². The number of carbonyl (C=O) groups excluding carboxylic acids is 2. The van der Waals surface area contributed by atoms with Gasteiger partial charge in [-0.2, -0.15) is 0 Å². The molecule has 2 amide bonds. The molecule has 2 aromatic carbocycles. The number of primary amides is 1. The normalized spacial score (nSPS) is 11.8. The van der Waals surface area contributed by atoms with E-state index in [1.165, 1.54) is 6.33 Å². The predicted octanol–water partition coefficient (Wildman–Crippen LogP) is 1.92. The van der Waals surface area contributed by atoms with E-state index in [4.69, 9.17) is 5.73 Å². The van der Waals surface area contributed by atoms with Gasteiger partial charge in [-0.15, -0.1) is 0 Å². The minimum atomic E-state index is -1.04. The minimum absolute atomic E-state index is 0.00469. The topological polar surface area (TPSA) is 110 Å². The van der Waals surface area contributed by atoms with Crippen LogP contribution in [0.15, 0.2) is 48.8 Å². The van der Waals surface area contributed by atoms with Gasteiger partial charge in [-0.25, -0.2) is 18.7 Å². The molecule has 0 aliphatic rings. The molecular weight excluding hydrogens is 380 g/mol. The van der Waals surface area contributed by atoms with Crippen LogP contribution in [-0.2, 0) is 16.0 Å². The first-order chi connectivity index (χ1) is 13.9.